The van der Waals surface area contributed by atoms with Crippen LogP contribution in [0.4, 0.5) is 0 Å². The molecule has 1 N–H and O–H groups in total. The second-order valence-electron chi connectivity index (χ2n) is 3.74. The van der Waals surface area contributed by atoms with E-state index in [1.807, 2.05) is 0 Å². The third kappa shape index (κ3) is 2.51. The molecule has 1 heterocycles. The fraction of sp³-hybridized carbons (Fsp3) is 0.700. The molecule has 1 aromatic rings. The molecule has 0 amide bonds. The Morgan fingerprint density at radius 2 is 2.31 bits per heavy atom. The normalized spacial score (nSPS) is 18.2. The Kier molecular flexibility index (Phi) is 2.96. The molecule has 0 atom stereocenters. The molecule has 0 aromatic carbocycles. The van der Waals surface area contributed by atoms with Gasteiger partial charge in [-0.2, -0.15) is 0 Å². The quantitative estimate of drug-likeness (QED) is 0.803. The van der Waals surface area contributed by atoms with Gasteiger partial charge in [0.2, 0.25) is 0 Å². The predicted molar refractivity (Wildman–Crippen MR) is 55.9 cm³/mol. The molecule has 0 spiro atoms. The Morgan fingerprint density at radius 1 is 1.54 bits per heavy atom. The molecular formula is C10H16N2S. The second kappa shape index (κ2) is 4.20. The Labute approximate surface area is 83.4 Å². The van der Waals surface area contributed by atoms with Crippen molar-refractivity contribution < 1.29 is 0 Å². The molecule has 1 aromatic heterocycles. The lowest BCUT2D eigenvalue weighted by Gasteiger charge is -2.09. The molecule has 3 heteroatoms. The maximum absolute atomic E-state index is 4.43. The van der Waals surface area contributed by atoms with Crippen molar-refractivity contribution in [3.63, 3.8) is 0 Å². The molecule has 0 unspecified atom stereocenters. The van der Waals surface area contributed by atoms with Crippen LogP contribution in [0.25, 0.3) is 0 Å². The Balaban J connectivity index is 1.78. The van der Waals surface area contributed by atoms with Gasteiger partial charge >= 0.3 is 0 Å². The van der Waals surface area contributed by atoms with Crippen LogP contribution in [0.5, 0.6) is 0 Å². The molecule has 72 valence electrons. The first-order valence-corrected chi connectivity index (χ1v) is 5.87. The molecule has 0 aliphatic heterocycles. The van der Waals surface area contributed by atoms with Crippen molar-refractivity contribution in [2.75, 3.05) is 0 Å². The summed E-state index contributed by atoms with van der Waals surface area (Å²) in [6.45, 7) is 3.01. The SMILES string of the molecule is Cc1csc(CNC2CCCC2)n1. The summed E-state index contributed by atoms with van der Waals surface area (Å²) >= 11 is 1.76. The highest BCUT2D eigenvalue weighted by Crippen LogP contribution is 2.18. The fourth-order valence-corrected chi connectivity index (χ4v) is 2.57. The van der Waals surface area contributed by atoms with Gasteiger partial charge in [0.25, 0.3) is 0 Å². The lowest BCUT2D eigenvalue weighted by molar-refractivity contribution is 0.523. The van der Waals surface area contributed by atoms with Crippen molar-refractivity contribution in [1.82, 2.24) is 10.3 Å². The first-order chi connectivity index (χ1) is 6.34. The van der Waals surface area contributed by atoms with E-state index in [2.05, 4.69) is 22.6 Å². The number of nitrogens with one attached hydrogen (secondary N) is 1. The smallest absolute Gasteiger partial charge is 0.107 e. The van der Waals surface area contributed by atoms with Crippen LogP contribution in [0.2, 0.25) is 0 Å². The highest BCUT2D eigenvalue weighted by Gasteiger charge is 2.14. The zero-order chi connectivity index (χ0) is 9.10. The van der Waals surface area contributed by atoms with Gasteiger partial charge in [0, 0.05) is 23.7 Å². The zero-order valence-electron chi connectivity index (χ0n) is 8.05. The van der Waals surface area contributed by atoms with Crippen LogP contribution in [0.3, 0.4) is 0 Å². The third-order valence-electron chi connectivity index (χ3n) is 2.56. The average molecular weight is 196 g/mol. The summed E-state index contributed by atoms with van der Waals surface area (Å²) in [6.07, 6.45) is 5.50. The van der Waals surface area contributed by atoms with Gasteiger partial charge in [0.1, 0.15) is 5.01 Å². The predicted octanol–water partition coefficient (Wildman–Crippen LogP) is 2.48. The van der Waals surface area contributed by atoms with Gasteiger partial charge in [-0.1, -0.05) is 12.8 Å². The van der Waals surface area contributed by atoms with Crippen LogP contribution in [0, 0.1) is 6.92 Å². The van der Waals surface area contributed by atoms with Crippen molar-refractivity contribution in [1.29, 1.82) is 0 Å². The number of nitrogens with zero attached hydrogens (tertiary/aromatic N) is 1. The number of rotatable bonds is 3. The van der Waals surface area contributed by atoms with E-state index in [-0.39, 0.29) is 0 Å². The lowest BCUT2D eigenvalue weighted by Crippen LogP contribution is -2.25. The standard InChI is InChI=1S/C10H16N2S/c1-8-7-13-10(12-8)6-11-9-4-2-3-5-9/h7,9,11H,2-6H2,1H3. The van der Waals surface area contributed by atoms with E-state index in [4.69, 9.17) is 0 Å². The second-order valence-corrected chi connectivity index (χ2v) is 4.69. The molecule has 1 saturated carbocycles. The summed E-state index contributed by atoms with van der Waals surface area (Å²) < 4.78 is 0. The third-order valence-corrected chi connectivity index (χ3v) is 3.53. The van der Waals surface area contributed by atoms with Gasteiger partial charge in [0.15, 0.2) is 0 Å². The van der Waals surface area contributed by atoms with Crippen molar-refractivity contribution in [3.05, 3.63) is 16.1 Å². The van der Waals surface area contributed by atoms with E-state index in [0.717, 1.165) is 18.3 Å². The Morgan fingerprint density at radius 3 is 2.92 bits per heavy atom. The van der Waals surface area contributed by atoms with Crippen molar-refractivity contribution in [3.8, 4) is 0 Å². The molecule has 1 aliphatic carbocycles. The van der Waals surface area contributed by atoms with E-state index in [1.165, 1.54) is 30.7 Å². The first-order valence-electron chi connectivity index (χ1n) is 4.99. The average Bonchev–Trinajstić information content (AvgIpc) is 2.71. The molecule has 2 rings (SSSR count). The topological polar surface area (TPSA) is 24.9 Å². The number of hydrogen-bond donors (Lipinski definition) is 1. The molecule has 0 bridgehead atoms. The zero-order valence-corrected chi connectivity index (χ0v) is 8.86. The van der Waals surface area contributed by atoms with Crippen LogP contribution in [0.15, 0.2) is 5.38 Å². The first kappa shape index (κ1) is 9.16. The van der Waals surface area contributed by atoms with Crippen molar-refractivity contribution in [2.45, 2.75) is 45.2 Å². The summed E-state index contributed by atoms with van der Waals surface area (Å²) in [5, 5.41) is 6.90. The lowest BCUT2D eigenvalue weighted by atomic mass is 10.2. The minimum Gasteiger partial charge on any atom is -0.308 e. The van der Waals surface area contributed by atoms with Gasteiger partial charge in [-0.15, -0.1) is 11.3 Å². The highest BCUT2D eigenvalue weighted by molar-refractivity contribution is 7.09. The monoisotopic (exact) mass is 196 g/mol. The van der Waals surface area contributed by atoms with Crippen LogP contribution < -0.4 is 5.32 Å². The van der Waals surface area contributed by atoms with Crippen LogP contribution in [0.1, 0.15) is 36.4 Å². The van der Waals surface area contributed by atoms with Crippen molar-refractivity contribution in [2.24, 2.45) is 0 Å². The largest absolute Gasteiger partial charge is 0.308 e. The van der Waals surface area contributed by atoms with E-state index in [9.17, 15) is 0 Å². The number of aromatic nitrogens is 1. The van der Waals surface area contributed by atoms with Crippen molar-refractivity contribution >= 4 is 11.3 Å². The van der Waals surface area contributed by atoms with Gasteiger partial charge in [0.05, 0.1) is 0 Å². The maximum atomic E-state index is 4.43. The summed E-state index contributed by atoms with van der Waals surface area (Å²) in [4.78, 5) is 4.43. The van der Waals surface area contributed by atoms with Crippen LogP contribution in [-0.4, -0.2) is 11.0 Å². The van der Waals surface area contributed by atoms with E-state index >= 15 is 0 Å². The molecule has 13 heavy (non-hydrogen) atoms. The molecular weight excluding hydrogens is 180 g/mol. The van der Waals surface area contributed by atoms with E-state index in [1.54, 1.807) is 11.3 Å². The van der Waals surface area contributed by atoms with Gasteiger partial charge in [-0.05, 0) is 19.8 Å². The summed E-state index contributed by atoms with van der Waals surface area (Å²) in [7, 11) is 0. The summed E-state index contributed by atoms with van der Waals surface area (Å²) in [5.74, 6) is 0. The van der Waals surface area contributed by atoms with Crippen LogP contribution >= 0.6 is 11.3 Å². The summed E-state index contributed by atoms with van der Waals surface area (Å²) in [6, 6.07) is 0.754. The van der Waals surface area contributed by atoms with E-state index in [0.29, 0.717) is 0 Å². The summed E-state index contributed by atoms with van der Waals surface area (Å²) in [5.41, 5.74) is 1.15. The number of thiazole rings is 1. The van der Waals surface area contributed by atoms with Gasteiger partial charge in [-0.3, -0.25) is 0 Å². The van der Waals surface area contributed by atoms with Gasteiger partial charge in [-0.25, -0.2) is 4.98 Å². The Hall–Kier alpha value is -0.410. The van der Waals surface area contributed by atoms with E-state index < -0.39 is 0 Å². The maximum Gasteiger partial charge on any atom is 0.107 e. The Bertz CT molecular complexity index is 264. The molecule has 0 saturated heterocycles. The molecule has 2 nitrogen and oxygen atoms in total. The minimum absolute atomic E-state index is 0.754. The highest BCUT2D eigenvalue weighted by atomic mass is 32.1. The number of hydrogen-bond acceptors (Lipinski definition) is 3. The molecule has 0 radical (unpaired) electrons. The van der Waals surface area contributed by atoms with Gasteiger partial charge < -0.3 is 5.32 Å². The fourth-order valence-electron chi connectivity index (χ4n) is 1.85. The molecule has 1 aliphatic rings. The minimum atomic E-state index is 0.754. The van der Waals surface area contributed by atoms with Crippen LogP contribution in [-0.2, 0) is 6.54 Å². The number of aryl methyl sites for hydroxylation is 1. The molecule has 1 fully saturated rings.